The molecular weight excluding hydrogens is 210 g/mol. The highest BCUT2D eigenvalue weighted by molar-refractivity contribution is 7.82. The molecule has 1 aromatic rings. The van der Waals surface area contributed by atoms with Crippen molar-refractivity contribution in [3.8, 4) is 0 Å². The molecule has 0 aliphatic carbocycles. The van der Waals surface area contributed by atoms with Crippen LogP contribution in [0.3, 0.4) is 0 Å². The largest absolute Gasteiger partial charge is 0.337 e. The molecule has 3 heteroatoms. The first-order valence-electron chi connectivity index (χ1n) is 4.71. The Morgan fingerprint density at radius 3 is 2.71 bits per heavy atom. The number of hydrogen-bond acceptors (Lipinski definition) is 2. The van der Waals surface area contributed by atoms with Crippen LogP contribution in [0.5, 0.6) is 0 Å². The molecule has 0 bridgehead atoms. The lowest BCUT2D eigenvalue weighted by Gasteiger charge is -2.04. The van der Waals surface area contributed by atoms with E-state index in [-0.39, 0.29) is 0 Å². The Morgan fingerprint density at radius 2 is 2.00 bits per heavy atom. The number of thiocarbonyl (C=S) groups is 2. The van der Waals surface area contributed by atoms with Crippen LogP contribution >= 0.6 is 24.4 Å². The zero-order valence-corrected chi connectivity index (χ0v) is 9.60. The van der Waals surface area contributed by atoms with Gasteiger partial charge in [-0.1, -0.05) is 56.0 Å². The van der Waals surface area contributed by atoms with Crippen molar-refractivity contribution in [3.63, 3.8) is 0 Å². The lowest BCUT2D eigenvalue weighted by Crippen LogP contribution is -2.18. The summed E-state index contributed by atoms with van der Waals surface area (Å²) in [6, 6.07) is 6.21. The summed E-state index contributed by atoms with van der Waals surface area (Å²) in [6.45, 7) is 2.17. The van der Waals surface area contributed by atoms with Crippen LogP contribution in [0.1, 0.15) is 30.0 Å². The van der Waals surface area contributed by atoms with Gasteiger partial charge in [-0.15, -0.1) is 0 Å². The maximum atomic E-state index is 5.25. The van der Waals surface area contributed by atoms with Gasteiger partial charge in [-0.05, 0) is 12.0 Å². The summed E-state index contributed by atoms with van der Waals surface area (Å²) >= 11 is 10.5. The third-order valence-corrected chi connectivity index (χ3v) is 3.00. The predicted molar refractivity (Wildman–Crippen MR) is 67.0 cm³/mol. The molecule has 0 amide bonds. The Hall–Kier alpha value is -0.800. The number of aryl methyl sites for hydroxylation is 1. The third kappa shape index (κ3) is 1.47. The van der Waals surface area contributed by atoms with Crippen LogP contribution in [0.2, 0.25) is 0 Å². The minimum atomic E-state index is 0.767. The second kappa shape index (κ2) is 3.75. The van der Waals surface area contributed by atoms with Gasteiger partial charge in [-0.3, -0.25) is 0 Å². The summed E-state index contributed by atoms with van der Waals surface area (Å²) < 4.78 is 0. The van der Waals surface area contributed by atoms with E-state index in [4.69, 9.17) is 24.4 Å². The summed E-state index contributed by atoms with van der Waals surface area (Å²) in [7, 11) is 0. The average molecular weight is 221 g/mol. The maximum Gasteiger partial charge on any atom is 0.112 e. The topological polar surface area (TPSA) is 12.0 Å². The molecule has 0 radical (unpaired) electrons. The molecule has 1 aliphatic rings. The van der Waals surface area contributed by atoms with Gasteiger partial charge in [0.05, 0.1) is 0 Å². The van der Waals surface area contributed by atoms with Crippen LogP contribution < -0.4 is 5.32 Å². The minimum absolute atomic E-state index is 0.767. The molecule has 0 saturated carbocycles. The van der Waals surface area contributed by atoms with Crippen molar-refractivity contribution in [1.82, 2.24) is 5.32 Å². The van der Waals surface area contributed by atoms with E-state index in [1.54, 1.807) is 0 Å². The molecule has 1 nitrogen and oxygen atoms in total. The van der Waals surface area contributed by atoms with E-state index in [1.807, 2.05) is 12.1 Å². The molecular formula is C11H11NS2. The fourth-order valence-electron chi connectivity index (χ4n) is 1.77. The molecule has 1 aliphatic heterocycles. The van der Waals surface area contributed by atoms with Crippen molar-refractivity contribution in [2.24, 2.45) is 0 Å². The van der Waals surface area contributed by atoms with Crippen LogP contribution in [-0.4, -0.2) is 9.98 Å². The van der Waals surface area contributed by atoms with Gasteiger partial charge in [0.25, 0.3) is 0 Å². The average Bonchev–Trinajstić information content (AvgIpc) is 2.44. The Morgan fingerprint density at radius 1 is 1.21 bits per heavy atom. The number of fused-ring (bicyclic) bond motifs is 1. The molecule has 0 atom stereocenters. The normalized spacial score (nSPS) is 14.1. The molecule has 0 fully saturated rings. The van der Waals surface area contributed by atoms with Crippen LogP contribution in [0.4, 0.5) is 0 Å². The van der Waals surface area contributed by atoms with E-state index >= 15 is 0 Å². The number of nitrogens with one attached hydrogen (secondary N) is 1. The quantitative estimate of drug-likeness (QED) is 0.771. The lowest BCUT2D eigenvalue weighted by molar-refractivity contribution is 0.920. The summed E-state index contributed by atoms with van der Waals surface area (Å²) in [5.74, 6) is 0. The summed E-state index contributed by atoms with van der Waals surface area (Å²) in [5, 5.41) is 3.04. The van der Waals surface area contributed by atoms with Crippen molar-refractivity contribution in [1.29, 1.82) is 0 Å². The van der Waals surface area contributed by atoms with Gasteiger partial charge in [0.1, 0.15) is 9.98 Å². The van der Waals surface area contributed by atoms with Crippen molar-refractivity contribution < 1.29 is 0 Å². The van der Waals surface area contributed by atoms with Gasteiger partial charge < -0.3 is 5.32 Å². The van der Waals surface area contributed by atoms with E-state index in [0.717, 1.165) is 33.9 Å². The SMILES string of the molecule is CCCc1cccc2c1C(=S)NC2=S. The number of hydrogen-bond donors (Lipinski definition) is 1. The van der Waals surface area contributed by atoms with Crippen molar-refractivity contribution in [3.05, 3.63) is 34.9 Å². The van der Waals surface area contributed by atoms with Gasteiger partial charge in [-0.2, -0.15) is 0 Å². The lowest BCUT2D eigenvalue weighted by atomic mass is 10.00. The molecule has 1 aromatic carbocycles. The molecule has 14 heavy (non-hydrogen) atoms. The highest BCUT2D eigenvalue weighted by Gasteiger charge is 2.22. The molecule has 0 aromatic heterocycles. The van der Waals surface area contributed by atoms with Crippen molar-refractivity contribution in [2.45, 2.75) is 19.8 Å². The van der Waals surface area contributed by atoms with E-state index in [1.165, 1.54) is 5.56 Å². The first-order valence-corrected chi connectivity index (χ1v) is 5.53. The minimum Gasteiger partial charge on any atom is -0.337 e. The first-order chi connectivity index (χ1) is 6.74. The highest BCUT2D eigenvalue weighted by Crippen LogP contribution is 2.22. The Labute approximate surface area is 94.5 Å². The van der Waals surface area contributed by atoms with Gasteiger partial charge >= 0.3 is 0 Å². The maximum absolute atomic E-state index is 5.25. The van der Waals surface area contributed by atoms with Crippen LogP contribution in [0.25, 0.3) is 0 Å². The second-order valence-corrected chi connectivity index (χ2v) is 4.19. The Kier molecular flexibility index (Phi) is 2.61. The summed E-state index contributed by atoms with van der Waals surface area (Å²) in [6.07, 6.45) is 2.19. The van der Waals surface area contributed by atoms with Gasteiger partial charge in [-0.25, -0.2) is 0 Å². The summed E-state index contributed by atoms with van der Waals surface area (Å²) in [4.78, 5) is 1.55. The third-order valence-electron chi connectivity index (χ3n) is 2.37. The predicted octanol–water partition coefficient (Wildman–Crippen LogP) is 2.59. The van der Waals surface area contributed by atoms with Gasteiger partial charge in [0.2, 0.25) is 0 Å². The molecule has 72 valence electrons. The van der Waals surface area contributed by atoms with Crippen molar-refractivity contribution >= 4 is 34.4 Å². The fourth-order valence-corrected chi connectivity index (χ4v) is 2.45. The van der Waals surface area contributed by atoms with E-state index in [9.17, 15) is 0 Å². The van der Waals surface area contributed by atoms with Gasteiger partial charge in [0, 0.05) is 11.1 Å². The second-order valence-electron chi connectivity index (χ2n) is 3.37. The fraction of sp³-hybridized carbons (Fsp3) is 0.273. The monoisotopic (exact) mass is 221 g/mol. The molecule has 0 saturated heterocycles. The first kappa shape index (κ1) is 9.74. The van der Waals surface area contributed by atoms with Gasteiger partial charge in [0.15, 0.2) is 0 Å². The summed E-state index contributed by atoms with van der Waals surface area (Å²) in [5.41, 5.74) is 3.55. The van der Waals surface area contributed by atoms with Crippen LogP contribution in [0, 0.1) is 0 Å². The number of benzene rings is 1. The molecule has 0 spiro atoms. The Bertz CT molecular complexity index is 410. The molecule has 1 heterocycles. The van der Waals surface area contributed by atoms with Crippen LogP contribution in [-0.2, 0) is 6.42 Å². The van der Waals surface area contributed by atoms with E-state index in [2.05, 4.69) is 18.3 Å². The zero-order chi connectivity index (χ0) is 10.1. The standard InChI is InChI=1S/C11H11NS2/c1-2-4-7-5-3-6-8-9(7)11(14)12-10(8)13/h3,5-6H,2,4H2,1H3,(H,12,13,14). The molecule has 1 N–H and O–H groups in total. The highest BCUT2D eigenvalue weighted by atomic mass is 32.1. The molecule has 0 unspecified atom stereocenters. The van der Waals surface area contributed by atoms with Crippen LogP contribution in [0.15, 0.2) is 18.2 Å². The molecule has 2 rings (SSSR count). The smallest absolute Gasteiger partial charge is 0.112 e. The number of rotatable bonds is 2. The van der Waals surface area contributed by atoms with Crippen molar-refractivity contribution in [2.75, 3.05) is 0 Å². The van der Waals surface area contributed by atoms with E-state index < -0.39 is 0 Å². The van der Waals surface area contributed by atoms with E-state index in [0.29, 0.717) is 0 Å². The Balaban J connectivity index is 2.56. The zero-order valence-electron chi connectivity index (χ0n) is 7.96.